The lowest BCUT2D eigenvalue weighted by Gasteiger charge is -2.10. The van der Waals surface area contributed by atoms with Crippen molar-refractivity contribution < 1.29 is 19.5 Å². The highest BCUT2D eigenvalue weighted by Crippen LogP contribution is 2.23. The van der Waals surface area contributed by atoms with E-state index in [9.17, 15) is 14.4 Å². The van der Waals surface area contributed by atoms with Crippen LogP contribution >= 0.6 is 11.8 Å². The summed E-state index contributed by atoms with van der Waals surface area (Å²) in [5, 5.41) is 16.9. The maximum Gasteiger partial charge on any atom is 0.335 e. The average molecular weight is 471 g/mol. The smallest absolute Gasteiger partial charge is 0.335 e. The molecule has 7 heteroatoms. The molecule has 4 aromatic carbocycles. The summed E-state index contributed by atoms with van der Waals surface area (Å²) in [4.78, 5) is 37.0. The van der Waals surface area contributed by atoms with Gasteiger partial charge in [-0.05, 0) is 71.8 Å². The number of rotatable bonds is 7. The molecule has 4 aromatic rings. The first-order chi connectivity index (χ1) is 16.4. The molecule has 0 heterocycles. The Morgan fingerprint density at radius 2 is 1.50 bits per heavy atom. The van der Waals surface area contributed by atoms with Crippen LogP contribution in [0.3, 0.4) is 0 Å². The van der Waals surface area contributed by atoms with Crippen LogP contribution in [-0.2, 0) is 4.79 Å². The predicted octanol–water partition coefficient (Wildman–Crippen LogP) is 5.83. The van der Waals surface area contributed by atoms with E-state index in [-0.39, 0.29) is 23.1 Å². The number of carboxylic acids is 1. The van der Waals surface area contributed by atoms with Crippen molar-refractivity contribution in [2.24, 2.45) is 0 Å². The van der Waals surface area contributed by atoms with E-state index >= 15 is 0 Å². The van der Waals surface area contributed by atoms with Crippen molar-refractivity contribution in [1.29, 1.82) is 0 Å². The largest absolute Gasteiger partial charge is 0.478 e. The van der Waals surface area contributed by atoms with Gasteiger partial charge in [0.1, 0.15) is 0 Å². The number of hydrogen-bond acceptors (Lipinski definition) is 4. The topological polar surface area (TPSA) is 95.5 Å². The van der Waals surface area contributed by atoms with Crippen LogP contribution in [0.5, 0.6) is 0 Å². The monoisotopic (exact) mass is 470 g/mol. The van der Waals surface area contributed by atoms with Gasteiger partial charge in [-0.1, -0.05) is 36.4 Å². The van der Waals surface area contributed by atoms with Crippen LogP contribution in [0, 0.1) is 6.92 Å². The molecule has 0 aliphatic heterocycles. The van der Waals surface area contributed by atoms with Crippen LogP contribution in [0.2, 0.25) is 0 Å². The number of nitrogens with one attached hydrogen (secondary N) is 2. The van der Waals surface area contributed by atoms with Gasteiger partial charge in [0.25, 0.3) is 5.91 Å². The SMILES string of the molecule is Cc1ccc(C(=O)O)cc1NC(=O)CSc1ccc(NC(=O)c2ccc3ccccc3c2)cc1. The fourth-order valence-electron chi connectivity index (χ4n) is 3.39. The molecule has 0 bridgehead atoms. The van der Waals surface area contributed by atoms with Crippen LogP contribution in [0.1, 0.15) is 26.3 Å². The third-order valence-electron chi connectivity index (χ3n) is 5.25. The summed E-state index contributed by atoms with van der Waals surface area (Å²) in [7, 11) is 0. The summed E-state index contributed by atoms with van der Waals surface area (Å²) in [6.07, 6.45) is 0. The third-order valence-corrected chi connectivity index (χ3v) is 6.26. The van der Waals surface area contributed by atoms with Crippen molar-refractivity contribution in [2.75, 3.05) is 16.4 Å². The standard InChI is InChI=1S/C27H22N2O4S/c1-17-6-7-21(27(32)33)15-24(17)29-25(30)16-34-23-12-10-22(11-13-23)28-26(31)20-9-8-18-4-2-3-5-19(18)14-20/h2-15H,16H2,1H3,(H,28,31)(H,29,30)(H,32,33). The van der Waals surface area contributed by atoms with E-state index in [2.05, 4.69) is 10.6 Å². The minimum Gasteiger partial charge on any atom is -0.478 e. The van der Waals surface area contributed by atoms with E-state index in [1.165, 1.54) is 23.9 Å². The number of carboxylic acid groups (broad SMARTS) is 1. The zero-order valence-corrected chi connectivity index (χ0v) is 19.2. The highest BCUT2D eigenvalue weighted by molar-refractivity contribution is 8.00. The molecule has 0 atom stereocenters. The second-order valence-corrected chi connectivity index (χ2v) is 8.76. The normalized spacial score (nSPS) is 10.6. The van der Waals surface area contributed by atoms with Crippen molar-refractivity contribution in [1.82, 2.24) is 0 Å². The minimum absolute atomic E-state index is 0.120. The lowest BCUT2D eigenvalue weighted by atomic mass is 10.1. The van der Waals surface area contributed by atoms with Gasteiger partial charge >= 0.3 is 5.97 Å². The van der Waals surface area contributed by atoms with E-state index in [4.69, 9.17) is 5.11 Å². The summed E-state index contributed by atoms with van der Waals surface area (Å²) >= 11 is 1.35. The molecule has 170 valence electrons. The molecule has 34 heavy (non-hydrogen) atoms. The summed E-state index contributed by atoms with van der Waals surface area (Å²) < 4.78 is 0. The molecule has 0 unspecified atom stereocenters. The van der Waals surface area contributed by atoms with Gasteiger partial charge in [-0.2, -0.15) is 0 Å². The second-order valence-electron chi connectivity index (χ2n) is 7.71. The molecular formula is C27H22N2O4S. The van der Waals surface area contributed by atoms with E-state index in [1.54, 1.807) is 31.2 Å². The summed E-state index contributed by atoms with van der Waals surface area (Å²) in [5.41, 5.74) is 2.63. The molecule has 4 rings (SSSR count). The number of aryl methyl sites for hydroxylation is 1. The Bertz CT molecular complexity index is 1380. The minimum atomic E-state index is -1.04. The fourth-order valence-corrected chi connectivity index (χ4v) is 4.09. The van der Waals surface area contributed by atoms with E-state index in [0.29, 0.717) is 16.9 Å². The van der Waals surface area contributed by atoms with E-state index in [1.807, 2.05) is 48.5 Å². The number of anilines is 2. The van der Waals surface area contributed by atoms with Crippen molar-refractivity contribution in [3.63, 3.8) is 0 Å². The zero-order valence-electron chi connectivity index (χ0n) is 18.4. The van der Waals surface area contributed by atoms with Crippen molar-refractivity contribution in [3.8, 4) is 0 Å². The number of carbonyl (C=O) groups is 3. The maximum atomic E-state index is 12.6. The number of fused-ring (bicyclic) bond motifs is 1. The van der Waals surface area contributed by atoms with E-state index in [0.717, 1.165) is 21.2 Å². The van der Waals surface area contributed by atoms with Gasteiger partial charge in [0, 0.05) is 21.8 Å². The molecule has 0 saturated carbocycles. The lowest BCUT2D eigenvalue weighted by Crippen LogP contribution is -2.15. The molecule has 0 aromatic heterocycles. The van der Waals surface area contributed by atoms with Gasteiger partial charge in [0.15, 0.2) is 0 Å². The Morgan fingerprint density at radius 1 is 0.794 bits per heavy atom. The van der Waals surface area contributed by atoms with Crippen LogP contribution in [0.25, 0.3) is 10.8 Å². The first-order valence-corrected chi connectivity index (χ1v) is 11.5. The van der Waals surface area contributed by atoms with Crippen molar-refractivity contribution >= 4 is 51.7 Å². The van der Waals surface area contributed by atoms with Crippen LogP contribution in [0.4, 0.5) is 11.4 Å². The summed E-state index contributed by atoms with van der Waals surface area (Å²) in [6, 6.07) is 25.3. The van der Waals surface area contributed by atoms with E-state index < -0.39 is 5.97 Å². The fraction of sp³-hybridized carbons (Fsp3) is 0.0741. The average Bonchev–Trinajstić information content (AvgIpc) is 2.84. The second kappa shape index (κ2) is 10.2. The molecule has 2 amide bonds. The van der Waals surface area contributed by atoms with Crippen LogP contribution in [-0.4, -0.2) is 28.6 Å². The molecule has 0 radical (unpaired) electrons. The Kier molecular flexibility index (Phi) is 6.94. The molecule has 0 saturated heterocycles. The quantitative estimate of drug-likeness (QED) is 0.295. The number of hydrogen-bond donors (Lipinski definition) is 3. The van der Waals surface area contributed by atoms with Gasteiger partial charge in [-0.3, -0.25) is 9.59 Å². The Morgan fingerprint density at radius 3 is 2.24 bits per heavy atom. The summed E-state index contributed by atoms with van der Waals surface area (Å²) in [5.74, 6) is -1.30. The number of carbonyl (C=O) groups excluding carboxylic acids is 2. The lowest BCUT2D eigenvalue weighted by molar-refractivity contribution is -0.113. The Balaban J connectivity index is 1.33. The molecular weight excluding hydrogens is 448 g/mol. The van der Waals surface area contributed by atoms with Crippen molar-refractivity contribution in [2.45, 2.75) is 11.8 Å². The number of aromatic carboxylic acids is 1. The Labute approximate surface area is 201 Å². The van der Waals surface area contributed by atoms with Gasteiger partial charge < -0.3 is 15.7 Å². The molecule has 0 fully saturated rings. The molecule has 0 aliphatic rings. The van der Waals surface area contributed by atoms with Crippen LogP contribution < -0.4 is 10.6 Å². The maximum absolute atomic E-state index is 12.6. The molecule has 6 nitrogen and oxygen atoms in total. The van der Waals surface area contributed by atoms with Gasteiger partial charge in [0.2, 0.25) is 5.91 Å². The van der Waals surface area contributed by atoms with Gasteiger partial charge in [-0.15, -0.1) is 11.8 Å². The highest BCUT2D eigenvalue weighted by Gasteiger charge is 2.11. The predicted molar refractivity (Wildman–Crippen MR) is 136 cm³/mol. The number of amides is 2. The third kappa shape index (κ3) is 5.63. The number of thioether (sulfide) groups is 1. The zero-order chi connectivity index (χ0) is 24.1. The molecule has 0 spiro atoms. The van der Waals surface area contributed by atoms with Crippen molar-refractivity contribution in [3.05, 3.63) is 102 Å². The first kappa shape index (κ1) is 23.1. The summed E-state index contributed by atoms with van der Waals surface area (Å²) in [6.45, 7) is 1.80. The highest BCUT2D eigenvalue weighted by atomic mass is 32.2. The van der Waals surface area contributed by atoms with Gasteiger partial charge in [0.05, 0.1) is 11.3 Å². The molecule has 0 aliphatic carbocycles. The van der Waals surface area contributed by atoms with Crippen LogP contribution in [0.15, 0.2) is 89.8 Å². The Hall–Kier alpha value is -4.10. The molecule has 3 N–H and O–H groups in total. The number of benzene rings is 4. The first-order valence-electron chi connectivity index (χ1n) is 10.6. The van der Waals surface area contributed by atoms with Gasteiger partial charge in [-0.25, -0.2) is 4.79 Å².